The molecule has 0 aliphatic carbocycles. The molecule has 0 spiro atoms. The number of pyridine rings is 1. The number of hydrogen-bond donors (Lipinski definition) is 0. The van der Waals surface area contributed by atoms with E-state index in [1.54, 1.807) is 19.1 Å². The molecule has 0 saturated heterocycles. The Bertz CT molecular complexity index is 464. The Morgan fingerprint density at radius 1 is 1.75 bits per heavy atom. The van der Waals surface area contributed by atoms with Crippen LogP contribution in [0.2, 0.25) is 0 Å². The molecule has 0 fully saturated rings. The van der Waals surface area contributed by atoms with E-state index < -0.39 is 5.97 Å². The molecule has 0 aliphatic heterocycles. The molecule has 0 aliphatic rings. The number of azide groups is 1. The van der Waals surface area contributed by atoms with E-state index in [9.17, 15) is 4.79 Å². The van der Waals surface area contributed by atoms with Gasteiger partial charge in [0.2, 0.25) is 0 Å². The SMILES string of the molecule is C=C(C(=O)OCC)c1ncccc1N=[N+]=[N-]. The summed E-state index contributed by atoms with van der Waals surface area (Å²) in [5, 5.41) is 3.42. The lowest BCUT2D eigenvalue weighted by Crippen LogP contribution is -2.07. The average molecular weight is 218 g/mol. The van der Waals surface area contributed by atoms with Crippen LogP contribution in [0.3, 0.4) is 0 Å². The van der Waals surface area contributed by atoms with Crippen molar-refractivity contribution in [3.05, 3.63) is 41.0 Å². The smallest absolute Gasteiger partial charge is 0.339 e. The number of ether oxygens (including phenoxy) is 1. The van der Waals surface area contributed by atoms with E-state index >= 15 is 0 Å². The third-order valence-electron chi connectivity index (χ3n) is 1.75. The maximum Gasteiger partial charge on any atom is 0.339 e. The Morgan fingerprint density at radius 2 is 2.50 bits per heavy atom. The second kappa shape index (κ2) is 5.53. The Labute approximate surface area is 92.2 Å². The summed E-state index contributed by atoms with van der Waals surface area (Å²) >= 11 is 0. The van der Waals surface area contributed by atoms with Crippen molar-refractivity contribution in [1.82, 2.24) is 4.98 Å². The van der Waals surface area contributed by atoms with Crippen LogP contribution in [0, 0.1) is 0 Å². The van der Waals surface area contributed by atoms with Gasteiger partial charge < -0.3 is 4.74 Å². The predicted molar refractivity (Wildman–Crippen MR) is 58.7 cm³/mol. The molecule has 1 heterocycles. The van der Waals surface area contributed by atoms with Crippen molar-refractivity contribution in [2.24, 2.45) is 5.11 Å². The number of carbonyl (C=O) groups is 1. The lowest BCUT2D eigenvalue weighted by Gasteiger charge is -2.06. The van der Waals surface area contributed by atoms with Crippen LogP contribution >= 0.6 is 0 Å². The van der Waals surface area contributed by atoms with Gasteiger partial charge in [0.15, 0.2) is 0 Å². The van der Waals surface area contributed by atoms with Gasteiger partial charge in [0.05, 0.1) is 23.6 Å². The van der Waals surface area contributed by atoms with Gasteiger partial charge in [-0.1, -0.05) is 11.7 Å². The summed E-state index contributed by atoms with van der Waals surface area (Å²) in [6, 6.07) is 3.15. The van der Waals surface area contributed by atoms with Crippen molar-refractivity contribution in [2.75, 3.05) is 6.61 Å². The number of aromatic nitrogens is 1. The van der Waals surface area contributed by atoms with Gasteiger partial charge in [-0.25, -0.2) is 4.79 Å². The van der Waals surface area contributed by atoms with Crippen LogP contribution in [0.1, 0.15) is 12.6 Å². The number of rotatable bonds is 4. The highest BCUT2D eigenvalue weighted by Crippen LogP contribution is 2.23. The van der Waals surface area contributed by atoms with Crippen molar-refractivity contribution in [2.45, 2.75) is 6.92 Å². The van der Waals surface area contributed by atoms with Crippen LogP contribution in [-0.4, -0.2) is 17.6 Å². The standard InChI is InChI=1S/C10H10N4O2/c1-3-16-10(15)7(2)9-8(13-14-11)5-4-6-12-9/h4-6H,2-3H2,1H3. The maximum atomic E-state index is 11.4. The van der Waals surface area contributed by atoms with Gasteiger partial charge in [-0.05, 0) is 24.6 Å². The highest BCUT2D eigenvalue weighted by atomic mass is 16.5. The van der Waals surface area contributed by atoms with E-state index in [0.29, 0.717) is 0 Å². The fourth-order valence-corrected chi connectivity index (χ4v) is 1.07. The second-order valence-corrected chi connectivity index (χ2v) is 2.76. The van der Waals surface area contributed by atoms with Crippen molar-refractivity contribution < 1.29 is 9.53 Å². The van der Waals surface area contributed by atoms with Gasteiger partial charge in [-0.3, -0.25) is 4.98 Å². The zero-order chi connectivity index (χ0) is 12.0. The van der Waals surface area contributed by atoms with Gasteiger partial charge in [-0.15, -0.1) is 0 Å². The second-order valence-electron chi connectivity index (χ2n) is 2.76. The van der Waals surface area contributed by atoms with Crippen LogP contribution in [0.15, 0.2) is 30.0 Å². The highest BCUT2D eigenvalue weighted by molar-refractivity contribution is 6.16. The molecule has 6 heteroatoms. The predicted octanol–water partition coefficient (Wildman–Crippen LogP) is 2.60. The van der Waals surface area contributed by atoms with E-state index in [4.69, 9.17) is 10.3 Å². The van der Waals surface area contributed by atoms with Gasteiger partial charge in [0.1, 0.15) is 0 Å². The number of hydrogen-bond acceptors (Lipinski definition) is 4. The molecule has 0 aromatic carbocycles. The monoisotopic (exact) mass is 218 g/mol. The first-order chi connectivity index (χ1) is 7.70. The largest absolute Gasteiger partial charge is 0.462 e. The minimum Gasteiger partial charge on any atom is -0.462 e. The average Bonchev–Trinajstić information content (AvgIpc) is 2.29. The van der Waals surface area contributed by atoms with E-state index in [0.717, 1.165) is 0 Å². The van der Waals surface area contributed by atoms with E-state index in [2.05, 4.69) is 21.6 Å². The van der Waals surface area contributed by atoms with Crippen molar-refractivity contribution in [3.8, 4) is 0 Å². The van der Waals surface area contributed by atoms with Gasteiger partial charge in [0.25, 0.3) is 0 Å². The summed E-state index contributed by atoms with van der Waals surface area (Å²) in [5.74, 6) is -0.574. The highest BCUT2D eigenvalue weighted by Gasteiger charge is 2.14. The maximum absolute atomic E-state index is 11.4. The summed E-state index contributed by atoms with van der Waals surface area (Å²) in [6.45, 7) is 5.51. The molecule has 16 heavy (non-hydrogen) atoms. The molecule has 6 nitrogen and oxygen atoms in total. The molecule has 0 saturated carbocycles. The topological polar surface area (TPSA) is 88.0 Å². The Hall–Kier alpha value is -2.33. The summed E-state index contributed by atoms with van der Waals surface area (Å²) in [5.41, 5.74) is 8.91. The molecule has 0 amide bonds. The lowest BCUT2D eigenvalue weighted by atomic mass is 10.1. The number of carbonyl (C=O) groups excluding carboxylic acids is 1. The molecule has 1 rings (SSSR count). The van der Waals surface area contributed by atoms with E-state index in [-0.39, 0.29) is 23.6 Å². The Kier molecular flexibility index (Phi) is 4.06. The fraction of sp³-hybridized carbons (Fsp3) is 0.200. The third kappa shape index (κ3) is 2.59. The van der Waals surface area contributed by atoms with Crippen molar-refractivity contribution >= 4 is 17.2 Å². The molecular formula is C10H10N4O2. The van der Waals surface area contributed by atoms with Gasteiger partial charge >= 0.3 is 5.97 Å². The fourth-order valence-electron chi connectivity index (χ4n) is 1.07. The number of esters is 1. The summed E-state index contributed by atoms with van der Waals surface area (Å²) in [6.07, 6.45) is 1.48. The van der Waals surface area contributed by atoms with Crippen molar-refractivity contribution in [1.29, 1.82) is 0 Å². The zero-order valence-electron chi connectivity index (χ0n) is 8.75. The van der Waals surface area contributed by atoms with Crippen LogP contribution in [-0.2, 0) is 9.53 Å². The van der Waals surface area contributed by atoms with E-state index in [1.165, 1.54) is 6.20 Å². The van der Waals surface area contributed by atoms with Gasteiger partial charge in [-0.2, -0.15) is 0 Å². The van der Waals surface area contributed by atoms with Gasteiger partial charge in [0, 0.05) is 11.1 Å². The first-order valence-corrected chi connectivity index (χ1v) is 4.57. The van der Waals surface area contributed by atoms with Crippen LogP contribution in [0.25, 0.3) is 16.0 Å². The van der Waals surface area contributed by atoms with Crippen LogP contribution in [0.4, 0.5) is 5.69 Å². The molecule has 0 bridgehead atoms. The summed E-state index contributed by atoms with van der Waals surface area (Å²) in [7, 11) is 0. The number of nitrogens with zero attached hydrogens (tertiary/aromatic N) is 4. The lowest BCUT2D eigenvalue weighted by molar-refractivity contribution is -0.136. The molecule has 0 atom stereocenters. The minimum absolute atomic E-state index is 0.0739. The van der Waals surface area contributed by atoms with Crippen LogP contribution in [0.5, 0.6) is 0 Å². The molecule has 0 radical (unpaired) electrons. The zero-order valence-corrected chi connectivity index (χ0v) is 8.75. The molecule has 82 valence electrons. The molecular weight excluding hydrogens is 208 g/mol. The first kappa shape index (κ1) is 11.7. The Morgan fingerprint density at radius 3 is 3.12 bits per heavy atom. The molecule has 1 aromatic rings. The first-order valence-electron chi connectivity index (χ1n) is 4.57. The Balaban J connectivity index is 3.08. The minimum atomic E-state index is -0.574. The van der Waals surface area contributed by atoms with Crippen LogP contribution < -0.4 is 0 Å². The van der Waals surface area contributed by atoms with Crippen molar-refractivity contribution in [3.63, 3.8) is 0 Å². The normalized spacial score (nSPS) is 9.06. The molecule has 1 aromatic heterocycles. The quantitative estimate of drug-likeness (QED) is 0.256. The molecule has 0 unspecified atom stereocenters. The summed E-state index contributed by atoms with van der Waals surface area (Å²) < 4.78 is 4.78. The van der Waals surface area contributed by atoms with E-state index in [1.807, 2.05) is 0 Å². The molecule has 0 N–H and O–H groups in total. The third-order valence-corrected chi connectivity index (χ3v) is 1.75. The summed E-state index contributed by atoms with van der Waals surface area (Å²) in [4.78, 5) is 18.0.